The molecule has 4 nitrogen and oxygen atoms in total. The van der Waals surface area contributed by atoms with E-state index in [1.807, 2.05) is 49.4 Å². The molecule has 0 saturated carbocycles. The van der Waals surface area contributed by atoms with Crippen LogP contribution in [0.2, 0.25) is 0 Å². The van der Waals surface area contributed by atoms with Crippen LogP contribution >= 0.6 is 15.9 Å². The van der Waals surface area contributed by atoms with Crippen LogP contribution in [-0.2, 0) is 16.1 Å². The average Bonchev–Trinajstić information content (AvgIpc) is 2.59. The minimum Gasteiger partial charge on any atom is -0.386 e. The van der Waals surface area contributed by atoms with Crippen LogP contribution in [0.5, 0.6) is 0 Å². The number of hydrogen-bond acceptors (Lipinski definition) is 3. The number of hydrogen-bond donors (Lipinski definition) is 1. The van der Waals surface area contributed by atoms with E-state index in [0.29, 0.717) is 0 Å². The van der Waals surface area contributed by atoms with E-state index in [1.54, 1.807) is 6.21 Å². The Kier molecular flexibility index (Phi) is 7.49. The summed E-state index contributed by atoms with van der Waals surface area (Å²) in [6.07, 6.45) is 3.40. The van der Waals surface area contributed by atoms with Crippen molar-refractivity contribution in [1.82, 2.24) is 5.32 Å². The van der Waals surface area contributed by atoms with Gasteiger partial charge in [-0.2, -0.15) is 0 Å². The highest BCUT2D eigenvalue weighted by atomic mass is 79.9. The lowest BCUT2D eigenvalue weighted by Crippen LogP contribution is -2.35. The lowest BCUT2D eigenvalue weighted by molar-refractivity contribution is -0.126. The summed E-state index contributed by atoms with van der Waals surface area (Å²) < 4.78 is 0.927. The van der Waals surface area contributed by atoms with Crippen LogP contribution in [0.4, 0.5) is 0 Å². The van der Waals surface area contributed by atoms with Gasteiger partial charge in [0.2, 0.25) is 0 Å². The Labute approximate surface area is 151 Å². The number of carbonyl (C=O) groups is 1. The van der Waals surface area contributed by atoms with Gasteiger partial charge in [-0.3, -0.25) is 4.79 Å². The number of amides is 1. The largest absolute Gasteiger partial charge is 0.386 e. The molecule has 0 aliphatic carbocycles. The van der Waals surface area contributed by atoms with Gasteiger partial charge in [0, 0.05) is 16.1 Å². The van der Waals surface area contributed by atoms with Crippen LogP contribution in [0.1, 0.15) is 24.5 Å². The first-order chi connectivity index (χ1) is 11.6. The lowest BCUT2D eigenvalue weighted by Gasteiger charge is -2.13. The Morgan fingerprint density at radius 3 is 2.67 bits per heavy atom. The van der Waals surface area contributed by atoms with Gasteiger partial charge >= 0.3 is 0 Å². The molecule has 2 aromatic rings. The molecular weight excluding hydrogens is 368 g/mol. The van der Waals surface area contributed by atoms with E-state index in [-0.39, 0.29) is 18.6 Å². The fourth-order valence-electron chi connectivity index (χ4n) is 2.19. The molecule has 0 bridgehead atoms. The fraction of sp³-hybridized carbons (Fsp3) is 0.263. The van der Waals surface area contributed by atoms with Crippen molar-refractivity contribution in [3.05, 3.63) is 70.2 Å². The quantitative estimate of drug-likeness (QED) is 0.549. The van der Waals surface area contributed by atoms with Crippen molar-refractivity contribution in [3.8, 4) is 0 Å². The van der Waals surface area contributed by atoms with Gasteiger partial charge in [0.05, 0.1) is 6.21 Å². The summed E-state index contributed by atoms with van der Waals surface area (Å²) in [7, 11) is 0. The van der Waals surface area contributed by atoms with Crippen molar-refractivity contribution < 1.29 is 9.63 Å². The van der Waals surface area contributed by atoms with E-state index >= 15 is 0 Å². The first-order valence-electron chi connectivity index (χ1n) is 7.88. The van der Waals surface area contributed by atoms with Crippen molar-refractivity contribution in [3.63, 3.8) is 0 Å². The van der Waals surface area contributed by atoms with Crippen molar-refractivity contribution in [2.45, 2.75) is 25.8 Å². The van der Waals surface area contributed by atoms with Gasteiger partial charge in [0.1, 0.15) is 0 Å². The van der Waals surface area contributed by atoms with Crippen molar-refractivity contribution in [2.75, 3.05) is 6.61 Å². The molecule has 0 unspecified atom stereocenters. The number of halogens is 1. The van der Waals surface area contributed by atoms with Crippen molar-refractivity contribution in [1.29, 1.82) is 0 Å². The summed E-state index contributed by atoms with van der Waals surface area (Å²) in [6.45, 7) is 1.90. The molecule has 0 aliphatic heterocycles. The van der Waals surface area contributed by atoms with E-state index in [9.17, 15) is 4.79 Å². The molecule has 24 heavy (non-hydrogen) atoms. The summed E-state index contributed by atoms with van der Waals surface area (Å²) >= 11 is 3.42. The molecule has 1 atom stereocenters. The summed E-state index contributed by atoms with van der Waals surface area (Å²) in [5, 5.41) is 6.74. The summed E-state index contributed by atoms with van der Waals surface area (Å²) in [5.41, 5.74) is 2.17. The standard InChI is InChI=1S/C19H21BrN2O2/c1-15(11-12-16-7-3-2-4-8-16)22-19(23)14-24-21-13-17-9-5-6-10-18(17)20/h2-10,13,15H,11-12,14H2,1H3,(H,22,23)/b21-13-/t15-/m0/s1. The Balaban J connectivity index is 1.66. The number of nitrogens with zero attached hydrogens (tertiary/aromatic N) is 1. The highest BCUT2D eigenvalue weighted by Gasteiger charge is 2.07. The number of nitrogens with one attached hydrogen (secondary N) is 1. The molecule has 0 aromatic heterocycles. The monoisotopic (exact) mass is 388 g/mol. The lowest BCUT2D eigenvalue weighted by atomic mass is 10.1. The number of carbonyl (C=O) groups excluding carboxylic acids is 1. The third-order valence-corrected chi connectivity index (χ3v) is 4.21. The molecule has 1 amide bonds. The number of benzene rings is 2. The normalized spacial score (nSPS) is 12.1. The molecule has 0 spiro atoms. The van der Waals surface area contributed by atoms with Gasteiger partial charge in [-0.15, -0.1) is 0 Å². The topological polar surface area (TPSA) is 50.7 Å². The van der Waals surface area contributed by atoms with E-state index in [0.717, 1.165) is 22.9 Å². The third-order valence-electron chi connectivity index (χ3n) is 3.48. The van der Waals surface area contributed by atoms with Crippen LogP contribution in [0, 0.1) is 0 Å². The zero-order chi connectivity index (χ0) is 17.2. The number of rotatable bonds is 8. The van der Waals surface area contributed by atoms with E-state index in [2.05, 4.69) is 38.5 Å². The van der Waals surface area contributed by atoms with Crippen LogP contribution in [-0.4, -0.2) is 24.8 Å². The van der Waals surface area contributed by atoms with Gasteiger partial charge in [0.25, 0.3) is 5.91 Å². The minimum atomic E-state index is -0.167. The Morgan fingerprint density at radius 2 is 1.92 bits per heavy atom. The molecule has 5 heteroatoms. The molecule has 0 heterocycles. The third kappa shape index (κ3) is 6.54. The second kappa shape index (κ2) is 9.88. The van der Waals surface area contributed by atoms with Crippen LogP contribution in [0.3, 0.4) is 0 Å². The SMILES string of the molecule is C[C@@H](CCc1ccccc1)NC(=O)CO/N=C\c1ccccc1Br. The van der Waals surface area contributed by atoms with E-state index in [4.69, 9.17) is 4.84 Å². The predicted octanol–water partition coefficient (Wildman–Crippen LogP) is 3.94. The predicted molar refractivity (Wildman–Crippen MR) is 100 cm³/mol. The summed E-state index contributed by atoms with van der Waals surface area (Å²) in [4.78, 5) is 16.9. The summed E-state index contributed by atoms with van der Waals surface area (Å²) in [6, 6.07) is 18.0. The van der Waals surface area contributed by atoms with Gasteiger partial charge in [0.15, 0.2) is 6.61 Å². The van der Waals surface area contributed by atoms with Gasteiger partial charge in [-0.1, -0.05) is 69.6 Å². The molecule has 0 fully saturated rings. The van der Waals surface area contributed by atoms with Crippen LogP contribution < -0.4 is 5.32 Å². The Hall–Kier alpha value is -2.14. The Bertz CT molecular complexity index is 674. The maximum atomic E-state index is 11.8. The highest BCUT2D eigenvalue weighted by molar-refractivity contribution is 9.10. The van der Waals surface area contributed by atoms with Crippen LogP contribution in [0.25, 0.3) is 0 Å². The molecule has 2 aromatic carbocycles. The first kappa shape index (κ1) is 18.2. The summed E-state index contributed by atoms with van der Waals surface area (Å²) in [5.74, 6) is -0.167. The molecule has 1 N–H and O–H groups in total. The number of oxime groups is 1. The molecule has 0 saturated heterocycles. The van der Waals surface area contributed by atoms with Crippen molar-refractivity contribution >= 4 is 28.1 Å². The van der Waals surface area contributed by atoms with Crippen LogP contribution in [0.15, 0.2) is 64.2 Å². The average molecular weight is 389 g/mol. The number of aryl methyl sites for hydroxylation is 1. The molecule has 0 radical (unpaired) electrons. The molecule has 2 rings (SSSR count). The molecule has 0 aliphatic rings. The molecular formula is C19H21BrN2O2. The molecule has 126 valence electrons. The van der Waals surface area contributed by atoms with Crippen molar-refractivity contribution in [2.24, 2.45) is 5.16 Å². The minimum absolute atomic E-state index is 0.0867. The van der Waals surface area contributed by atoms with E-state index < -0.39 is 0 Å². The first-order valence-corrected chi connectivity index (χ1v) is 8.67. The van der Waals surface area contributed by atoms with Gasteiger partial charge in [-0.05, 0) is 31.4 Å². The second-order valence-corrected chi connectivity index (χ2v) is 6.38. The Morgan fingerprint density at radius 1 is 1.21 bits per heavy atom. The highest BCUT2D eigenvalue weighted by Crippen LogP contribution is 2.13. The van der Waals surface area contributed by atoms with E-state index in [1.165, 1.54) is 5.56 Å². The maximum absolute atomic E-state index is 11.8. The zero-order valence-corrected chi connectivity index (χ0v) is 15.2. The second-order valence-electron chi connectivity index (χ2n) is 5.52. The smallest absolute Gasteiger partial charge is 0.260 e. The van der Waals surface area contributed by atoms with Gasteiger partial charge in [-0.25, -0.2) is 0 Å². The fourth-order valence-corrected chi connectivity index (χ4v) is 2.57. The zero-order valence-electron chi connectivity index (χ0n) is 13.6. The maximum Gasteiger partial charge on any atom is 0.260 e. The van der Waals surface area contributed by atoms with Gasteiger partial charge < -0.3 is 10.2 Å².